The molecular weight excluding hydrogens is 579 g/mol. The Hall–Kier alpha value is -5.10. The molecule has 1 aromatic heterocycles. The standard InChI is InChI=1S/C33H33FN6O5/c1-44-28-19-27-25(18-26(28)29(41)35-14-17-40-15-2-3-16-40)30(37-20-36-27)45-24-10-8-23(9-11-24)39-32(43)33(12-13-33)31(42)38-22-6-4-21(34)5-7-22/h4-11,18-20H,2-3,12-17H2,1H3,(H,35,41)(H,38,42)(H,39,43). The van der Waals surface area contributed by atoms with E-state index in [-0.39, 0.29) is 11.8 Å². The van der Waals surface area contributed by atoms with Gasteiger partial charge in [-0.05, 0) is 93.4 Å². The number of nitrogens with zero attached hydrogens (tertiary/aromatic N) is 3. The lowest BCUT2D eigenvalue weighted by Crippen LogP contribution is -2.35. The highest BCUT2D eigenvalue weighted by molar-refractivity contribution is 6.17. The van der Waals surface area contributed by atoms with E-state index < -0.39 is 23.0 Å². The van der Waals surface area contributed by atoms with Crippen molar-refractivity contribution in [2.45, 2.75) is 25.7 Å². The third-order valence-corrected chi connectivity index (χ3v) is 8.13. The number of benzene rings is 3. The van der Waals surface area contributed by atoms with Gasteiger partial charge in [-0.25, -0.2) is 14.4 Å². The van der Waals surface area contributed by atoms with Crippen molar-refractivity contribution < 1.29 is 28.2 Å². The number of nitrogens with one attached hydrogen (secondary N) is 3. The molecule has 1 aliphatic heterocycles. The Balaban J connectivity index is 1.12. The van der Waals surface area contributed by atoms with Crippen molar-refractivity contribution >= 4 is 40.0 Å². The molecule has 232 valence electrons. The number of anilines is 2. The van der Waals surface area contributed by atoms with Crippen molar-refractivity contribution in [2.24, 2.45) is 5.41 Å². The Kier molecular flexibility index (Phi) is 8.56. The first-order valence-electron chi connectivity index (χ1n) is 14.8. The molecule has 4 aromatic rings. The van der Waals surface area contributed by atoms with Crippen LogP contribution in [0.15, 0.2) is 67.0 Å². The molecule has 3 aromatic carbocycles. The van der Waals surface area contributed by atoms with Crippen molar-refractivity contribution in [1.29, 1.82) is 0 Å². The number of likely N-dealkylation sites (tertiary alicyclic amines) is 1. The molecule has 45 heavy (non-hydrogen) atoms. The Labute approximate surface area is 259 Å². The van der Waals surface area contributed by atoms with E-state index in [2.05, 4.69) is 30.8 Å². The second-order valence-corrected chi connectivity index (χ2v) is 11.2. The number of hydrogen-bond donors (Lipinski definition) is 3. The zero-order valence-electron chi connectivity index (χ0n) is 24.8. The zero-order valence-corrected chi connectivity index (χ0v) is 24.8. The van der Waals surface area contributed by atoms with E-state index in [9.17, 15) is 18.8 Å². The summed E-state index contributed by atoms with van der Waals surface area (Å²) in [4.78, 5) is 49.9. The molecule has 3 amide bonds. The van der Waals surface area contributed by atoms with Gasteiger partial charge in [0.05, 0.1) is 23.6 Å². The van der Waals surface area contributed by atoms with Gasteiger partial charge in [0.15, 0.2) is 0 Å². The number of amides is 3. The summed E-state index contributed by atoms with van der Waals surface area (Å²) in [6.07, 6.45) is 4.57. The highest BCUT2D eigenvalue weighted by Crippen LogP contribution is 2.47. The predicted octanol–water partition coefficient (Wildman–Crippen LogP) is 4.75. The Morgan fingerprint density at radius 2 is 1.56 bits per heavy atom. The van der Waals surface area contributed by atoms with Gasteiger partial charge in [-0.15, -0.1) is 0 Å². The van der Waals surface area contributed by atoms with E-state index in [1.807, 2.05) is 0 Å². The smallest absolute Gasteiger partial charge is 0.255 e. The first-order chi connectivity index (χ1) is 21.8. The molecule has 0 atom stereocenters. The lowest BCUT2D eigenvalue weighted by molar-refractivity contribution is -0.131. The lowest BCUT2D eigenvalue weighted by Gasteiger charge is -2.16. The summed E-state index contributed by atoms with van der Waals surface area (Å²) < 4.78 is 24.8. The third kappa shape index (κ3) is 6.70. The molecule has 2 fully saturated rings. The normalized spacial score (nSPS) is 15.3. The van der Waals surface area contributed by atoms with Crippen molar-refractivity contribution in [2.75, 3.05) is 43.9 Å². The quantitative estimate of drug-likeness (QED) is 0.207. The minimum atomic E-state index is -1.18. The number of halogens is 1. The number of fused-ring (bicyclic) bond motifs is 1. The molecule has 1 aliphatic carbocycles. The Bertz CT molecular complexity index is 1720. The van der Waals surface area contributed by atoms with E-state index in [0.29, 0.717) is 58.7 Å². The van der Waals surface area contributed by atoms with Crippen molar-refractivity contribution in [1.82, 2.24) is 20.2 Å². The van der Waals surface area contributed by atoms with Gasteiger partial charge >= 0.3 is 0 Å². The van der Waals surface area contributed by atoms with Crippen molar-refractivity contribution in [3.8, 4) is 17.4 Å². The van der Waals surface area contributed by atoms with Crippen LogP contribution < -0.4 is 25.4 Å². The molecule has 1 saturated heterocycles. The maximum Gasteiger partial charge on any atom is 0.255 e. The molecule has 3 N–H and O–H groups in total. The monoisotopic (exact) mass is 612 g/mol. The van der Waals surface area contributed by atoms with Crippen LogP contribution in [0.3, 0.4) is 0 Å². The van der Waals surface area contributed by atoms with Crippen molar-refractivity contribution in [3.63, 3.8) is 0 Å². The van der Waals surface area contributed by atoms with Gasteiger partial charge in [0.2, 0.25) is 17.7 Å². The second kappa shape index (κ2) is 12.9. The van der Waals surface area contributed by atoms with Crippen LogP contribution in [0.25, 0.3) is 10.9 Å². The first kappa shape index (κ1) is 29.9. The highest BCUT2D eigenvalue weighted by Gasteiger charge is 2.56. The summed E-state index contributed by atoms with van der Waals surface area (Å²) in [5.74, 6) is -0.441. The van der Waals surface area contributed by atoms with Crippen LogP contribution in [0.5, 0.6) is 17.4 Å². The van der Waals surface area contributed by atoms with E-state index in [1.54, 1.807) is 36.4 Å². The average Bonchev–Trinajstić information content (AvgIpc) is 3.71. The molecule has 11 nitrogen and oxygen atoms in total. The van der Waals surface area contributed by atoms with E-state index in [4.69, 9.17) is 9.47 Å². The number of hydrogen-bond acceptors (Lipinski definition) is 8. The zero-order chi connectivity index (χ0) is 31.4. The summed E-state index contributed by atoms with van der Waals surface area (Å²) in [6.45, 7) is 3.42. The predicted molar refractivity (Wildman–Crippen MR) is 166 cm³/mol. The second-order valence-electron chi connectivity index (χ2n) is 11.2. The van der Waals surface area contributed by atoms with Gasteiger partial charge in [-0.1, -0.05) is 0 Å². The topological polar surface area (TPSA) is 135 Å². The van der Waals surface area contributed by atoms with Gasteiger partial charge in [0.25, 0.3) is 5.91 Å². The summed E-state index contributed by atoms with van der Waals surface area (Å²) in [5, 5.41) is 9.01. The largest absolute Gasteiger partial charge is 0.496 e. The van der Waals surface area contributed by atoms with Gasteiger partial charge in [0, 0.05) is 30.5 Å². The van der Waals surface area contributed by atoms with E-state index >= 15 is 0 Å². The molecule has 2 heterocycles. The molecule has 0 spiro atoms. The fourth-order valence-corrected chi connectivity index (χ4v) is 5.35. The van der Waals surface area contributed by atoms with Gasteiger partial charge in [-0.3, -0.25) is 14.4 Å². The number of methoxy groups -OCH3 is 1. The lowest BCUT2D eigenvalue weighted by atomic mass is 10.0. The number of ether oxygens (including phenoxy) is 2. The van der Waals surface area contributed by atoms with E-state index in [0.717, 1.165) is 19.6 Å². The van der Waals surface area contributed by atoms with Crippen LogP contribution >= 0.6 is 0 Å². The molecule has 0 radical (unpaired) electrons. The number of carbonyl (C=O) groups is 3. The van der Waals surface area contributed by atoms with Crippen molar-refractivity contribution in [3.05, 3.63) is 78.4 Å². The van der Waals surface area contributed by atoms with Crippen LogP contribution in [0.1, 0.15) is 36.0 Å². The molecule has 6 rings (SSSR count). The summed E-state index contributed by atoms with van der Waals surface area (Å²) in [5.41, 5.74) is 0.619. The average molecular weight is 613 g/mol. The molecular formula is C33H33FN6O5. The molecule has 12 heteroatoms. The molecule has 0 unspecified atom stereocenters. The number of aromatic nitrogens is 2. The van der Waals surface area contributed by atoms with Gasteiger partial charge < -0.3 is 30.3 Å². The fraction of sp³-hybridized carbons (Fsp3) is 0.303. The SMILES string of the molecule is COc1cc2ncnc(Oc3ccc(NC(=O)C4(C(=O)Nc5ccc(F)cc5)CC4)cc3)c2cc1C(=O)NCCN1CCCC1. The maximum atomic E-state index is 13.2. The van der Waals surface area contributed by atoms with Crippen LogP contribution in [0.2, 0.25) is 0 Å². The summed E-state index contributed by atoms with van der Waals surface area (Å²) in [6, 6.07) is 15.4. The summed E-state index contributed by atoms with van der Waals surface area (Å²) in [7, 11) is 1.50. The molecule has 2 aliphatic rings. The number of rotatable bonds is 11. The highest BCUT2D eigenvalue weighted by atomic mass is 19.1. The first-order valence-corrected chi connectivity index (χ1v) is 14.8. The molecule has 1 saturated carbocycles. The van der Waals surface area contributed by atoms with Crippen LogP contribution in [-0.2, 0) is 9.59 Å². The van der Waals surface area contributed by atoms with E-state index in [1.165, 1.54) is 50.5 Å². The Morgan fingerprint density at radius 1 is 0.911 bits per heavy atom. The van der Waals surface area contributed by atoms with Gasteiger partial charge in [-0.2, -0.15) is 0 Å². The third-order valence-electron chi connectivity index (χ3n) is 8.13. The number of carbonyl (C=O) groups excluding carboxylic acids is 3. The van der Waals surface area contributed by atoms with Gasteiger partial charge in [0.1, 0.15) is 29.1 Å². The minimum Gasteiger partial charge on any atom is -0.496 e. The fourth-order valence-electron chi connectivity index (χ4n) is 5.35. The Morgan fingerprint density at radius 3 is 2.18 bits per heavy atom. The van der Waals surface area contributed by atoms with Crippen LogP contribution in [0, 0.1) is 11.2 Å². The summed E-state index contributed by atoms with van der Waals surface area (Å²) >= 11 is 0. The maximum absolute atomic E-state index is 13.2. The molecule has 0 bridgehead atoms. The van der Waals surface area contributed by atoms with Crippen LogP contribution in [0.4, 0.5) is 15.8 Å². The van der Waals surface area contributed by atoms with Crippen LogP contribution in [-0.4, -0.2) is 65.9 Å². The minimum absolute atomic E-state index is 0.250.